The van der Waals surface area contributed by atoms with Gasteiger partial charge in [0.1, 0.15) is 5.82 Å². The van der Waals surface area contributed by atoms with E-state index in [2.05, 4.69) is 22.2 Å². The Hall–Kier alpha value is -1.59. The second kappa shape index (κ2) is 6.37. The number of carboxylic acids is 1. The maximum absolute atomic E-state index is 10.4. The first-order valence-electron chi connectivity index (χ1n) is 5.47. The standard InChI is InChI=1S/C12H15N3O2.ClH/c1-15-5-4-13-12-10(8-15)6-9(7-14-12)2-3-11(16)17;/h2-3,6-7H,4-5,8H2,1H3,(H,13,14)(H,16,17);1H. The van der Waals surface area contributed by atoms with Crippen LogP contribution in [0.1, 0.15) is 11.1 Å². The zero-order chi connectivity index (χ0) is 12.3. The monoisotopic (exact) mass is 269 g/mol. The quantitative estimate of drug-likeness (QED) is 0.796. The lowest BCUT2D eigenvalue weighted by atomic mass is 10.1. The van der Waals surface area contributed by atoms with Gasteiger partial charge in [0, 0.05) is 37.5 Å². The number of aliphatic carboxylic acids is 1. The zero-order valence-corrected chi connectivity index (χ0v) is 10.9. The van der Waals surface area contributed by atoms with E-state index in [9.17, 15) is 4.79 Å². The number of hydrogen-bond acceptors (Lipinski definition) is 4. The minimum atomic E-state index is -0.949. The summed E-state index contributed by atoms with van der Waals surface area (Å²) >= 11 is 0. The highest BCUT2D eigenvalue weighted by Crippen LogP contribution is 2.18. The summed E-state index contributed by atoms with van der Waals surface area (Å²) in [6.07, 6.45) is 4.36. The molecule has 0 bridgehead atoms. The summed E-state index contributed by atoms with van der Waals surface area (Å²) in [5.41, 5.74) is 1.90. The molecule has 0 amide bonds. The topological polar surface area (TPSA) is 65.5 Å². The highest BCUT2D eigenvalue weighted by atomic mass is 35.5. The number of nitrogens with one attached hydrogen (secondary N) is 1. The molecule has 2 N–H and O–H groups in total. The van der Waals surface area contributed by atoms with Gasteiger partial charge in [0.15, 0.2) is 0 Å². The number of aromatic nitrogens is 1. The van der Waals surface area contributed by atoms with Gasteiger partial charge >= 0.3 is 5.97 Å². The van der Waals surface area contributed by atoms with Crippen molar-refractivity contribution in [2.24, 2.45) is 0 Å². The Morgan fingerprint density at radius 3 is 3.11 bits per heavy atom. The largest absolute Gasteiger partial charge is 0.478 e. The van der Waals surface area contributed by atoms with Gasteiger partial charge < -0.3 is 15.3 Å². The first kappa shape index (κ1) is 14.5. The number of nitrogens with zero attached hydrogens (tertiary/aromatic N) is 2. The minimum Gasteiger partial charge on any atom is -0.478 e. The molecule has 0 aromatic carbocycles. The molecule has 98 valence electrons. The number of halogens is 1. The van der Waals surface area contributed by atoms with E-state index >= 15 is 0 Å². The third kappa shape index (κ3) is 3.72. The van der Waals surface area contributed by atoms with Gasteiger partial charge in [-0.15, -0.1) is 12.4 Å². The van der Waals surface area contributed by atoms with Crippen molar-refractivity contribution in [3.63, 3.8) is 0 Å². The molecule has 0 saturated heterocycles. The molecule has 6 heteroatoms. The van der Waals surface area contributed by atoms with Crippen LogP contribution in [-0.4, -0.2) is 41.1 Å². The second-order valence-corrected chi connectivity index (χ2v) is 4.11. The summed E-state index contributed by atoms with van der Waals surface area (Å²) < 4.78 is 0. The Bertz CT molecular complexity index is 463. The van der Waals surface area contributed by atoms with Gasteiger partial charge in [-0.05, 0) is 24.8 Å². The van der Waals surface area contributed by atoms with Gasteiger partial charge in [-0.3, -0.25) is 0 Å². The van der Waals surface area contributed by atoms with Gasteiger partial charge in [-0.1, -0.05) is 0 Å². The Balaban J connectivity index is 0.00000162. The van der Waals surface area contributed by atoms with Gasteiger partial charge in [0.05, 0.1) is 0 Å². The third-order valence-electron chi connectivity index (χ3n) is 2.63. The Morgan fingerprint density at radius 1 is 1.61 bits per heavy atom. The van der Waals surface area contributed by atoms with E-state index in [1.165, 1.54) is 0 Å². The molecule has 2 rings (SSSR count). The Labute approximate surface area is 112 Å². The number of likely N-dealkylation sites (N-methyl/N-ethyl adjacent to an activating group) is 1. The van der Waals surface area contributed by atoms with Gasteiger partial charge in [0.2, 0.25) is 0 Å². The zero-order valence-electron chi connectivity index (χ0n) is 10.1. The van der Waals surface area contributed by atoms with Crippen LogP contribution < -0.4 is 5.32 Å². The molecule has 1 aliphatic heterocycles. The van der Waals surface area contributed by atoms with Crippen molar-refractivity contribution in [3.05, 3.63) is 29.5 Å². The maximum Gasteiger partial charge on any atom is 0.328 e. The van der Waals surface area contributed by atoms with Crippen molar-refractivity contribution in [1.29, 1.82) is 0 Å². The number of hydrogen-bond donors (Lipinski definition) is 2. The fourth-order valence-electron chi connectivity index (χ4n) is 1.80. The van der Waals surface area contributed by atoms with Crippen molar-refractivity contribution in [3.8, 4) is 0 Å². The van der Waals surface area contributed by atoms with Crippen LogP contribution >= 0.6 is 12.4 Å². The third-order valence-corrected chi connectivity index (χ3v) is 2.63. The first-order valence-corrected chi connectivity index (χ1v) is 5.47. The molecular formula is C12H16ClN3O2. The van der Waals surface area contributed by atoms with Crippen molar-refractivity contribution in [1.82, 2.24) is 9.88 Å². The average Bonchev–Trinajstić information content (AvgIpc) is 2.46. The van der Waals surface area contributed by atoms with E-state index in [-0.39, 0.29) is 12.4 Å². The van der Waals surface area contributed by atoms with E-state index < -0.39 is 5.97 Å². The van der Waals surface area contributed by atoms with Crippen LogP contribution in [0.2, 0.25) is 0 Å². The lowest BCUT2D eigenvalue weighted by Gasteiger charge is -2.12. The van der Waals surface area contributed by atoms with Crippen LogP contribution in [0.15, 0.2) is 18.3 Å². The van der Waals surface area contributed by atoms with Gasteiger partial charge in [0.25, 0.3) is 0 Å². The molecule has 1 aromatic rings. The van der Waals surface area contributed by atoms with Crippen molar-refractivity contribution in [2.45, 2.75) is 6.54 Å². The van der Waals surface area contributed by atoms with Crippen LogP contribution in [0.5, 0.6) is 0 Å². The van der Waals surface area contributed by atoms with E-state index in [1.54, 1.807) is 12.3 Å². The molecule has 0 saturated carbocycles. The van der Waals surface area contributed by atoms with Crippen molar-refractivity contribution >= 4 is 30.3 Å². The molecule has 0 atom stereocenters. The minimum absolute atomic E-state index is 0. The lowest BCUT2D eigenvalue weighted by Crippen LogP contribution is -2.20. The van der Waals surface area contributed by atoms with E-state index in [1.807, 2.05) is 6.07 Å². The second-order valence-electron chi connectivity index (χ2n) is 4.11. The fourth-order valence-corrected chi connectivity index (χ4v) is 1.80. The molecule has 0 spiro atoms. The van der Waals surface area contributed by atoms with Crippen molar-refractivity contribution in [2.75, 3.05) is 25.5 Å². The molecule has 0 unspecified atom stereocenters. The molecular weight excluding hydrogens is 254 g/mol. The highest BCUT2D eigenvalue weighted by Gasteiger charge is 2.11. The van der Waals surface area contributed by atoms with Crippen LogP contribution in [0, 0.1) is 0 Å². The normalized spacial score (nSPS) is 15.4. The van der Waals surface area contributed by atoms with Crippen LogP contribution in [0.4, 0.5) is 5.82 Å². The summed E-state index contributed by atoms with van der Waals surface area (Å²) in [7, 11) is 2.05. The SMILES string of the molecule is CN1CCNc2ncc(C=CC(=O)O)cc2C1.Cl. The fraction of sp³-hybridized carbons (Fsp3) is 0.333. The van der Waals surface area contributed by atoms with E-state index in [0.29, 0.717) is 0 Å². The lowest BCUT2D eigenvalue weighted by molar-refractivity contribution is -0.131. The number of carbonyl (C=O) groups is 1. The molecule has 1 aromatic heterocycles. The molecule has 1 aliphatic rings. The predicted molar refractivity (Wildman–Crippen MR) is 73.0 cm³/mol. The van der Waals surface area contributed by atoms with Crippen LogP contribution in [0.25, 0.3) is 6.08 Å². The van der Waals surface area contributed by atoms with Gasteiger partial charge in [-0.2, -0.15) is 0 Å². The first-order chi connectivity index (χ1) is 8.15. The molecule has 0 radical (unpaired) electrons. The number of pyridine rings is 1. The van der Waals surface area contributed by atoms with E-state index in [0.717, 1.165) is 42.7 Å². The molecule has 0 aliphatic carbocycles. The summed E-state index contributed by atoms with van der Waals surface area (Å²) in [5.74, 6) is -0.0583. The molecule has 5 nitrogen and oxygen atoms in total. The average molecular weight is 270 g/mol. The predicted octanol–water partition coefficient (Wildman–Crippen LogP) is 1.46. The highest BCUT2D eigenvalue weighted by molar-refractivity contribution is 5.85. The maximum atomic E-state index is 10.4. The van der Waals surface area contributed by atoms with Crippen molar-refractivity contribution < 1.29 is 9.90 Å². The Kier molecular flexibility index (Phi) is 5.12. The molecule has 0 fully saturated rings. The summed E-state index contributed by atoms with van der Waals surface area (Å²) in [6, 6.07) is 1.97. The number of rotatable bonds is 2. The molecule has 18 heavy (non-hydrogen) atoms. The van der Waals surface area contributed by atoms with Crippen LogP contribution in [0.3, 0.4) is 0 Å². The number of fused-ring (bicyclic) bond motifs is 1. The van der Waals surface area contributed by atoms with E-state index in [4.69, 9.17) is 5.11 Å². The Morgan fingerprint density at radius 2 is 2.39 bits per heavy atom. The van der Waals surface area contributed by atoms with Crippen LogP contribution in [-0.2, 0) is 11.3 Å². The summed E-state index contributed by atoms with van der Waals surface area (Å²) in [4.78, 5) is 16.9. The summed E-state index contributed by atoms with van der Waals surface area (Å²) in [6.45, 7) is 2.67. The smallest absolute Gasteiger partial charge is 0.328 e. The molecule has 2 heterocycles. The summed E-state index contributed by atoms with van der Waals surface area (Å²) in [5, 5.41) is 11.8. The van der Waals surface area contributed by atoms with Gasteiger partial charge in [-0.25, -0.2) is 9.78 Å². The number of carboxylic acid groups (broad SMARTS) is 1. The number of anilines is 1.